The van der Waals surface area contributed by atoms with Crippen LogP contribution in [0.15, 0.2) is 77.7 Å². The van der Waals surface area contributed by atoms with Crippen LogP contribution in [0.3, 0.4) is 0 Å². The fourth-order valence-corrected chi connectivity index (χ4v) is 5.82. The monoisotopic (exact) mass is 587 g/mol. The Morgan fingerprint density at radius 1 is 0.975 bits per heavy atom. The van der Waals surface area contributed by atoms with Crippen molar-refractivity contribution in [2.24, 2.45) is 0 Å². The molecule has 0 saturated carbocycles. The van der Waals surface area contributed by atoms with Crippen LogP contribution in [0.5, 0.6) is 0 Å². The van der Waals surface area contributed by atoms with E-state index in [1.807, 2.05) is 45.0 Å². The number of amides is 2. The third-order valence-corrected chi connectivity index (χ3v) is 8.87. The van der Waals surface area contributed by atoms with Gasteiger partial charge in [0.1, 0.15) is 18.4 Å². The second kappa shape index (κ2) is 13.8. The maximum atomic E-state index is 14.1. The van der Waals surface area contributed by atoms with E-state index in [1.165, 1.54) is 29.2 Å². The molecule has 2 amide bonds. The summed E-state index contributed by atoms with van der Waals surface area (Å²) in [5.74, 6) is -1.63. The molecule has 1 N–H and O–H groups in total. The van der Waals surface area contributed by atoms with E-state index in [1.54, 1.807) is 25.1 Å². The fraction of sp³-hybridized carbons (Fsp3) is 0.333. The molecule has 0 aliphatic rings. The third kappa shape index (κ3) is 7.40. The zero-order valence-electron chi connectivity index (χ0n) is 23.1. The van der Waals surface area contributed by atoms with Crippen molar-refractivity contribution in [2.75, 3.05) is 10.8 Å². The first-order chi connectivity index (χ1) is 19.0. The Morgan fingerprint density at radius 3 is 2.23 bits per heavy atom. The second-order valence-electron chi connectivity index (χ2n) is 9.61. The van der Waals surface area contributed by atoms with Gasteiger partial charge in [0.15, 0.2) is 0 Å². The summed E-state index contributed by atoms with van der Waals surface area (Å²) in [6, 6.07) is 17.7. The number of nitrogens with one attached hydrogen (secondary N) is 1. The van der Waals surface area contributed by atoms with Crippen LogP contribution in [0.1, 0.15) is 44.7 Å². The van der Waals surface area contributed by atoms with E-state index >= 15 is 0 Å². The second-order valence-corrected chi connectivity index (χ2v) is 11.9. The van der Waals surface area contributed by atoms with Crippen LogP contribution < -0.4 is 9.62 Å². The molecule has 40 heavy (non-hydrogen) atoms. The van der Waals surface area contributed by atoms with Crippen LogP contribution in [-0.4, -0.2) is 43.8 Å². The predicted molar refractivity (Wildman–Crippen MR) is 156 cm³/mol. The first-order valence-corrected chi connectivity index (χ1v) is 15.0. The van der Waals surface area contributed by atoms with Gasteiger partial charge in [-0.3, -0.25) is 13.9 Å². The summed E-state index contributed by atoms with van der Waals surface area (Å²) in [4.78, 5) is 28.8. The Kier molecular flexibility index (Phi) is 10.7. The topological polar surface area (TPSA) is 86.8 Å². The van der Waals surface area contributed by atoms with E-state index in [0.29, 0.717) is 12.8 Å². The van der Waals surface area contributed by atoms with E-state index in [4.69, 9.17) is 11.6 Å². The predicted octanol–water partition coefficient (Wildman–Crippen LogP) is 5.70. The average Bonchev–Trinajstić information content (AvgIpc) is 2.94. The number of sulfonamides is 1. The van der Waals surface area contributed by atoms with Gasteiger partial charge in [0.25, 0.3) is 10.0 Å². The summed E-state index contributed by atoms with van der Waals surface area (Å²) in [6.45, 7) is 7.01. The molecule has 0 spiro atoms. The molecule has 7 nitrogen and oxygen atoms in total. The number of hydrogen-bond acceptors (Lipinski definition) is 4. The summed E-state index contributed by atoms with van der Waals surface area (Å²) in [5.41, 5.74) is 1.78. The minimum atomic E-state index is -4.26. The standard InChI is InChI=1S/C30H35ClFN3O4S/c1-5-22(4)33-30(37)28(6-2)34(19-23-13-11-10-12-21(23)3)29(36)20-35(24-16-17-27(32)26(31)18-24)40(38,39)25-14-8-7-9-15-25/h7-18,22,28H,5-6,19-20H2,1-4H3,(H,33,37)/t22-,28-/m0/s1. The van der Waals surface area contributed by atoms with E-state index in [2.05, 4.69) is 5.32 Å². The molecule has 0 heterocycles. The normalized spacial score (nSPS) is 12.8. The van der Waals surface area contributed by atoms with Crippen molar-refractivity contribution >= 4 is 39.1 Å². The molecule has 2 atom stereocenters. The molecule has 0 unspecified atom stereocenters. The summed E-state index contributed by atoms with van der Waals surface area (Å²) in [7, 11) is -4.26. The van der Waals surface area contributed by atoms with Crippen LogP contribution in [0.4, 0.5) is 10.1 Å². The van der Waals surface area contributed by atoms with Gasteiger partial charge in [0.2, 0.25) is 11.8 Å². The van der Waals surface area contributed by atoms with E-state index in [0.717, 1.165) is 21.5 Å². The Morgan fingerprint density at radius 2 is 1.62 bits per heavy atom. The Labute approximate surface area is 241 Å². The molecular formula is C30H35ClFN3O4S. The lowest BCUT2D eigenvalue weighted by Gasteiger charge is -2.34. The highest BCUT2D eigenvalue weighted by Crippen LogP contribution is 2.28. The number of nitrogens with zero attached hydrogens (tertiary/aromatic N) is 2. The highest BCUT2D eigenvalue weighted by atomic mass is 35.5. The molecule has 0 aliphatic heterocycles. The van der Waals surface area contributed by atoms with Crippen molar-refractivity contribution in [3.8, 4) is 0 Å². The Balaban J connectivity index is 2.08. The minimum absolute atomic E-state index is 0.0246. The maximum Gasteiger partial charge on any atom is 0.264 e. The molecule has 0 fully saturated rings. The van der Waals surface area contributed by atoms with Gasteiger partial charge in [0, 0.05) is 12.6 Å². The summed E-state index contributed by atoms with van der Waals surface area (Å²) >= 11 is 6.01. The van der Waals surface area contributed by atoms with E-state index in [9.17, 15) is 22.4 Å². The number of aryl methyl sites for hydroxylation is 1. The summed E-state index contributed by atoms with van der Waals surface area (Å²) in [5, 5.41) is 2.66. The van der Waals surface area contributed by atoms with Gasteiger partial charge >= 0.3 is 0 Å². The zero-order valence-corrected chi connectivity index (χ0v) is 24.7. The maximum absolute atomic E-state index is 14.1. The van der Waals surface area contributed by atoms with Gasteiger partial charge in [-0.25, -0.2) is 12.8 Å². The number of halogens is 2. The van der Waals surface area contributed by atoms with Crippen LogP contribution >= 0.6 is 11.6 Å². The van der Waals surface area contributed by atoms with Crippen molar-refractivity contribution in [1.29, 1.82) is 0 Å². The SMILES string of the molecule is CC[C@H](C)NC(=O)[C@H](CC)N(Cc1ccccc1C)C(=O)CN(c1ccc(F)c(Cl)c1)S(=O)(=O)c1ccccc1. The lowest BCUT2D eigenvalue weighted by molar-refractivity contribution is -0.140. The molecule has 3 rings (SSSR count). The lowest BCUT2D eigenvalue weighted by Crippen LogP contribution is -2.53. The number of hydrogen-bond donors (Lipinski definition) is 1. The van der Waals surface area contributed by atoms with Crippen LogP contribution in [0.2, 0.25) is 5.02 Å². The van der Waals surface area contributed by atoms with Gasteiger partial charge < -0.3 is 10.2 Å². The molecule has 10 heteroatoms. The first-order valence-electron chi connectivity index (χ1n) is 13.2. The largest absolute Gasteiger partial charge is 0.352 e. The molecule has 0 radical (unpaired) electrons. The van der Waals surface area contributed by atoms with E-state index < -0.39 is 34.3 Å². The molecule has 3 aromatic carbocycles. The zero-order chi connectivity index (χ0) is 29.4. The first kappa shape index (κ1) is 31.1. The van der Waals surface area contributed by atoms with Crippen molar-refractivity contribution in [2.45, 2.75) is 64.1 Å². The molecule has 3 aromatic rings. The van der Waals surface area contributed by atoms with Crippen LogP contribution in [0.25, 0.3) is 0 Å². The van der Waals surface area contributed by atoms with Gasteiger partial charge in [-0.05, 0) is 68.1 Å². The molecule has 0 aliphatic carbocycles. The van der Waals surface area contributed by atoms with Gasteiger partial charge in [-0.15, -0.1) is 0 Å². The third-order valence-electron chi connectivity index (χ3n) is 6.79. The van der Waals surface area contributed by atoms with Crippen molar-refractivity contribution in [3.05, 3.63) is 94.8 Å². The number of carbonyl (C=O) groups excluding carboxylic acids is 2. The van der Waals surface area contributed by atoms with Gasteiger partial charge in [0.05, 0.1) is 15.6 Å². The molecule has 214 valence electrons. The summed E-state index contributed by atoms with van der Waals surface area (Å²) < 4.78 is 42.5. The van der Waals surface area contributed by atoms with Crippen LogP contribution in [-0.2, 0) is 26.2 Å². The number of rotatable bonds is 12. The van der Waals surface area contributed by atoms with Gasteiger partial charge in [-0.2, -0.15) is 0 Å². The smallest absolute Gasteiger partial charge is 0.264 e. The van der Waals surface area contributed by atoms with Crippen molar-refractivity contribution in [3.63, 3.8) is 0 Å². The molecular weight excluding hydrogens is 553 g/mol. The molecule has 0 aromatic heterocycles. The highest BCUT2D eigenvalue weighted by Gasteiger charge is 2.34. The number of anilines is 1. The van der Waals surface area contributed by atoms with E-state index in [-0.39, 0.29) is 34.1 Å². The van der Waals surface area contributed by atoms with Crippen molar-refractivity contribution < 1.29 is 22.4 Å². The Bertz CT molecular complexity index is 1440. The quantitative estimate of drug-likeness (QED) is 0.294. The average molecular weight is 588 g/mol. The highest BCUT2D eigenvalue weighted by molar-refractivity contribution is 7.92. The Hall–Kier alpha value is -3.43. The number of carbonyl (C=O) groups is 2. The molecule has 0 saturated heterocycles. The fourth-order valence-electron chi connectivity index (χ4n) is 4.22. The molecule has 0 bridgehead atoms. The van der Waals surface area contributed by atoms with Gasteiger partial charge in [-0.1, -0.05) is 67.9 Å². The lowest BCUT2D eigenvalue weighted by atomic mass is 10.1. The minimum Gasteiger partial charge on any atom is -0.352 e. The summed E-state index contributed by atoms with van der Waals surface area (Å²) in [6.07, 6.45) is 1.02. The van der Waals surface area contributed by atoms with Crippen LogP contribution in [0, 0.1) is 12.7 Å². The van der Waals surface area contributed by atoms with Crippen molar-refractivity contribution in [1.82, 2.24) is 10.2 Å². The number of benzene rings is 3.